The second kappa shape index (κ2) is 7.25. The van der Waals surface area contributed by atoms with Crippen molar-refractivity contribution in [3.8, 4) is 0 Å². The Balaban J connectivity index is 2.21. The van der Waals surface area contributed by atoms with Gasteiger partial charge in [-0.3, -0.25) is 4.68 Å². The summed E-state index contributed by atoms with van der Waals surface area (Å²) < 4.78 is 2.97. The number of nitrogens with zero attached hydrogens (tertiary/aromatic N) is 2. The summed E-state index contributed by atoms with van der Waals surface area (Å²) >= 11 is 9.53. The van der Waals surface area contributed by atoms with E-state index in [1.54, 1.807) is 0 Å². The Morgan fingerprint density at radius 1 is 1.35 bits per heavy atom. The average Bonchev–Trinajstić information content (AvgIpc) is 2.77. The monoisotopic (exact) mass is 355 g/mol. The van der Waals surface area contributed by atoms with Gasteiger partial charge in [0.2, 0.25) is 0 Å². The van der Waals surface area contributed by atoms with E-state index in [0.29, 0.717) is 0 Å². The van der Waals surface area contributed by atoms with Crippen LogP contribution in [0.25, 0.3) is 0 Å². The summed E-state index contributed by atoms with van der Waals surface area (Å²) in [6, 6.07) is 8.26. The van der Waals surface area contributed by atoms with Crippen molar-refractivity contribution >= 4 is 27.5 Å². The lowest BCUT2D eigenvalue weighted by atomic mass is 10.0. The molecule has 0 fully saturated rings. The summed E-state index contributed by atoms with van der Waals surface area (Å²) in [5, 5.41) is 8.67. The van der Waals surface area contributed by atoms with Gasteiger partial charge in [-0.1, -0.05) is 30.7 Å². The lowest BCUT2D eigenvalue weighted by Gasteiger charge is -2.20. The number of aryl methyl sites for hydroxylation is 1. The van der Waals surface area contributed by atoms with Crippen molar-refractivity contribution in [2.24, 2.45) is 7.05 Å². The van der Waals surface area contributed by atoms with Crippen LogP contribution in [0.4, 0.5) is 0 Å². The molecule has 2 rings (SSSR count). The summed E-state index contributed by atoms with van der Waals surface area (Å²) in [6.07, 6.45) is 3.86. The standard InChI is InChI=1S/C15H19BrClN3/c1-3-8-18-14(15-13(16)10-19-20(15)2)9-11-4-6-12(17)7-5-11/h4-7,10,14,18H,3,8-9H2,1-2H3. The van der Waals surface area contributed by atoms with Crippen molar-refractivity contribution in [1.82, 2.24) is 15.1 Å². The third-order valence-corrected chi connectivity index (χ3v) is 4.12. The molecule has 0 aliphatic rings. The lowest BCUT2D eigenvalue weighted by Crippen LogP contribution is -2.26. The molecular weight excluding hydrogens is 338 g/mol. The number of benzene rings is 1. The van der Waals surface area contributed by atoms with Gasteiger partial charge in [0.1, 0.15) is 0 Å². The van der Waals surface area contributed by atoms with Gasteiger partial charge in [0.05, 0.1) is 22.4 Å². The number of nitrogens with one attached hydrogen (secondary N) is 1. The Kier molecular flexibility index (Phi) is 5.64. The Morgan fingerprint density at radius 3 is 2.60 bits per heavy atom. The molecule has 0 saturated carbocycles. The maximum Gasteiger partial charge on any atom is 0.0695 e. The fourth-order valence-corrected chi connectivity index (χ4v) is 3.00. The van der Waals surface area contributed by atoms with E-state index in [1.807, 2.05) is 30.1 Å². The first-order valence-corrected chi connectivity index (χ1v) is 7.94. The van der Waals surface area contributed by atoms with E-state index in [2.05, 4.69) is 45.4 Å². The van der Waals surface area contributed by atoms with Gasteiger partial charge in [-0.15, -0.1) is 0 Å². The minimum atomic E-state index is 0.234. The first kappa shape index (κ1) is 15.5. The van der Waals surface area contributed by atoms with Crippen molar-refractivity contribution in [3.05, 3.63) is 51.2 Å². The normalized spacial score (nSPS) is 12.6. The highest BCUT2D eigenvalue weighted by molar-refractivity contribution is 9.10. The summed E-state index contributed by atoms with van der Waals surface area (Å²) in [5.41, 5.74) is 2.43. The molecule has 1 unspecified atom stereocenters. The molecule has 1 N–H and O–H groups in total. The predicted octanol–water partition coefficient (Wildman–Crippen LogP) is 4.12. The molecular formula is C15H19BrClN3. The smallest absolute Gasteiger partial charge is 0.0695 e. The topological polar surface area (TPSA) is 29.9 Å². The molecule has 0 bridgehead atoms. The molecule has 1 heterocycles. The van der Waals surface area contributed by atoms with Crippen LogP contribution in [-0.4, -0.2) is 16.3 Å². The van der Waals surface area contributed by atoms with Crippen LogP contribution in [0.1, 0.15) is 30.6 Å². The maximum absolute atomic E-state index is 5.94. The average molecular weight is 357 g/mol. The van der Waals surface area contributed by atoms with Gasteiger partial charge in [-0.05, 0) is 53.0 Å². The van der Waals surface area contributed by atoms with Gasteiger partial charge >= 0.3 is 0 Å². The van der Waals surface area contributed by atoms with Crippen molar-refractivity contribution < 1.29 is 0 Å². The lowest BCUT2D eigenvalue weighted by molar-refractivity contribution is 0.492. The molecule has 5 heteroatoms. The van der Waals surface area contributed by atoms with Gasteiger partial charge in [-0.2, -0.15) is 5.10 Å². The van der Waals surface area contributed by atoms with Gasteiger partial charge in [0.25, 0.3) is 0 Å². The van der Waals surface area contributed by atoms with E-state index in [4.69, 9.17) is 11.6 Å². The van der Waals surface area contributed by atoms with E-state index in [0.717, 1.165) is 28.9 Å². The van der Waals surface area contributed by atoms with Gasteiger partial charge < -0.3 is 5.32 Å². The molecule has 108 valence electrons. The van der Waals surface area contributed by atoms with Crippen molar-refractivity contribution in [2.75, 3.05) is 6.54 Å². The molecule has 0 radical (unpaired) electrons. The van der Waals surface area contributed by atoms with Gasteiger partial charge in [0.15, 0.2) is 0 Å². The van der Waals surface area contributed by atoms with Crippen LogP contribution in [0.3, 0.4) is 0 Å². The van der Waals surface area contributed by atoms with E-state index in [-0.39, 0.29) is 6.04 Å². The second-order valence-electron chi connectivity index (χ2n) is 4.84. The highest BCUT2D eigenvalue weighted by Gasteiger charge is 2.18. The largest absolute Gasteiger partial charge is 0.308 e. The van der Waals surface area contributed by atoms with Crippen LogP contribution in [0, 0.1) is 0 Å². The van der Waals surface area contributed by atoms with Crippen molar-refractivity contribution in [2.45, 2.75) is 25.8 Å². The molecule has 1 atom stereocenters. The maximum atomic E-state index is 5.94. The molecule has 0 spiro atoms. The highest BCUT2D eigenvalue weighted by Crippen LogP contribution is 2.26. The zero-order valence-corrected chi connectivity index (χ0v) is 14.1. The minimum Gasteiger partial charge on any atom is -0.308 e. The summed E-state index contributed by atoms with van der Waals surface area (Å²) in [4.78, 5) is 0. The molecule has 1 aromatic heterocycles. The molecule has 0 amide bonds. The van der Waals surface area contributed by atoms with E-state index < -0.39 is 0 Å². The summed E-state index contributed by atoms with van der Waals surface area (Å²) in [6.45, 7) is 3.15. The quantitative estimate of drug-likeness (QED) is 0.844. The van der Waals surface area contributed by atoms with E-state index >= 15 is 0 Å². The van der Waals surface area contributed by atoms with Crippen molar-refractivity contribution in [3.63, 3.8) is 0 Å². The Labute approximate surface area is 133 Å². The van der Waals surface area contributed by atoms with Crippen LogP contribution in [0.5, 0.6) is 0 Å². The van der Waals surface area contributed by atoms with Gasteiger partial charge in [-0.25, -0.2) is 0 Å². The van der Waals surface area contributed by atoms with Crippen LogP contribution in [0.15, 0.2) is 34.9 Å². The first-order valence-electron chi connectivity index (χ1n) is 6.77. The summed E-state index contributed by atoms with van der Waals surface area (Å²) in [7, 11) is 1.97. The molecule has 1 aromatic carbocycles. The SMILES string of the molecule is CCCNC(Cc1ccc(Cl)cc1)c1c(Br)cnn1C. The van der Waals surface area contributed by atoms with Crippen molar-refractivity contribution in [1.29, 1.82) is 0 Å². The zero-order valence-electron chi connectivity index (χ0n) is 11.7. The van der Waals surface area contributed by atoms with Crippen LogP contribution < -0.4 is 5.32 Å². The number of halogens is 2. The van der Waals surface area contributed by atoms with E-state index in [1.165, 1.54) is 11.3 Å². The molecule has 2 aromatic rings. The Bertz CT molecular complexity index is 531. The third-order valence-electron chi connectivity index (χ3n) is 3.26. The number of hydrogen-bond acceptors (Lipinski definition) is 2. The van der Waals surface area contributed by atoms with E-state index in [9.17, 15) is 0 Å². The fraction of sp³-hybridized carbons (Fsp3) is 0.400. The van der Waals surface area contributed by atoms with Crippen LogP contribution in [0.2, 0.25) is 5.02 Å². The fourth-order valence-electron chi connectivity index (χ4n) is 2.25. The second-order valence-corrected chi connectivity index (χ2v) is 6.13. The Morgan fingerprint density at radius 2 is 2.05 bits per heavy atom. The number of rotatable bonds is 6. The molecule has 0 aliphatic carbocycles. The number of aromatic nitrogens is 2. The minimum absolute atomic E-state index is 0.234. The molecule has 20 heavy (non-hydrogen) atoms. The number of hydrogen-bond donors (Lipinski definition) is 1. The highest BCUT2D eigenvalue weighted by atomic mass is 79.9. The first-order chi connectivity index (χ1) is 9.61. The molecule has 0 aliphatic heterocycles. The molecule has 0 saturated heterocycles. The predicted molar refractivity (Wildman–Crippen MR) is 87.1 cm³/mol. The third kappa shape index (κ3) is 3.84. The summed E-state index contributed by atoms with van der Waals surface area (Å²) in [5.74, 6) is 0. The van der Waals surface area contributed by atoms with Gasteiger partial charge in [0, 0.05) is 12.1 Å². The molecule has 3 nitrogen and oxygen atoms in total. The van der Waals surface area contributed by atoms with Crippen LogP contribution >= 0.6 is 27.5 Å². The van der Waals surface area contributed by atoms with Crippen LogP contribution in [-0.2, 0) is 13.5 Å². The zero-order chi connectivity index (χ0) is 14.5. The Hall–Kier alpha value is -0.840.